The zero-order valence-corrected chi connectivity index (χ0v) is 11.4. The van der Waals surface area contributed by atoms with Crippen LogP contribution in [-0.2, 0) is 16.1 Å². The first-order valence-electron chi connectivity index (χ1n) is 7.03. The van der Waals surface area contributed by atoms with Crippen LogP contribution in [0.3, 0.4) is 0 Å². The minimum Gasteiger partial charge on any atom is -0.481 e. The van der Waals surface area contributed by atoms with Crippen LogP contribution in [0.4, 0.5) is 4.79 Å². The Labute approximate surface area is 122 Å². The highest BCUT2D eigenvalue weighted by molar-refractivity contribution is 5.75. The number of hydrogen-bond acceptors (Lipinski definition) is 3. The van der Waals surface area contributed by atoms with Gasteiger partial charge in [-0.1, -0.05) is 42.5 Å². The van der Waals surface area contributed by atoms with E-state index in [1.54, 1.807) is 0 Å². The topological polar surface area (TPSA) is 75.6 Å². The van der Waals surface area contributed by atoms with Crippen molar-refractivity contribution in [2.24, 2.45) is 17.8 Å². The summed E-state index contributed by atoms with van der Waals surface area (Å²) in [5.74, 6) is -1.29. The molecule has 2 aliphatic carbocycles. The number of amides is 1. The number of hydrogen-bond donors (Lipinski definition) is 2. The molecule has 2 N–H and O–H groups in total. The number of ether oxygens (including phenoxy) is 1. The van der Waals surface area contributed by atoms with Crippen LogP contribution in [-0.4, -0.2) is 23.2 Å². The van der Waals surface area contributed by atoms with Crippen LogP contribution in [0, 0.1) is 17.8 Å². The zero-order valence-electron chi connectivity index (χ0n) is 11.4. The molecule has 0 spiro atoms. The van der Waals surface area contributed by atoms with Crippen molar-refractivity contribution in [3.63, 3.8) is 0 Å². The fourth-order valence-corrected chi connectivity index (χ4v) is 3.26. The van der Waals surface area contributed by atoms with E-state index in [0.717, 1.165) is 12.0 Å². The fourth-order valence-electron chi connectivity index (χ4n) is 3.26. The van der Waals surface area contributed by atoms with Gasteiger partial charge in [0.25, 0.3) is 0 Å². The first-order chi connectivity index (χ1) is 10.1. The summed E-state index contributed by atoms with van der Waals surface area (Å²) in [6, 6.07) is 9.00. The maximum absolute atomic E-state index is 11.9. The molecule has 1 fully saturated rings. The van der Waals surface area contributed by atoms with Gasteiger partial charge < -0.3 is 15.2 Å². The molecule has 110 valence electrons. The van der Waals surface area contributed by atoms with Crippen molar-refractivity contribution in [3.05, 3.63) is 48.0 Å². The van der Waals surface area contributed by atoms with Crippen LogP contribution in [0.5, 0.6) is 0 Å². The average Bonchev–Trinajstić information content (AvgIpc) is 3.07. The molecule has 5 nitrogen and oxygen atoms in total. The number of fused-ring (bicyclic) bond motifs is 2. The summed E-state index contributed by atoms with van der Waals surface area (Å²) >= 11 is 0. The second-order valence-corrected chi connectivity index (χ2v) is 5.54. The van der Waals surface area contributed by atoms with Crippen molar-refractivity contribution in [3.8, 4) is 0 Å². The van der Waals surface area contributed by atoms with E-state index in [4.69, 9.17) is 4.74 Å². The van der Waals surface area contributed by atoms with E-state index >= 15 is 0 Å². The molecule has 2 unspecified atom stereocenters. The Hall–Kier alpha value is -2.30. The molecule has 0 radical (unpaired) electrons. The second kappa shape index (κ2) is 5.60. The van der Waals surface area contributed by atoms with Crippen LogP contribution < -0.4 is 5.32 Å². The summed E-state index contributed by atoms with van der Waals surface area (Å²) in [5.41, 5.74) is 0.898. The molecule has 0 saturated heterocycles. The molecular formula is C16H17NO4. The van der Waals surface area contributed by atoms with E-state index in [-0.39, 0.29) is 24.5 Å². The first-order valence-corrected chi connectivity index (χ1v) is 7.03. The van der Waals surface area contributed by atoms with Crippen LogP contribution in [0.25, 0.3) is 0 Å². The van der Waals surface area contributed by atoms with Gasteiger partial charge in [-0.05, 0) is 23.8 Å². The lowest BCUT2D eigenvalue weighted by molar-refractivity contribution is -0.143. The molecular weight excluding hydrogens is 270 g/mol. The van der Waals surface area contributed by atoms with E-state index in [0.29, 0.717) is 0 Å². The largest absolute Gasteiger partial charge is 0.481 e. The van der Waals surface area contributed by atoms with Gasteiger partial charge in [0.2, 0.25) is 0 Å². The number of carboxylic acid groups (broad SMARTS) is 1. The zero-order chi connectivity index (χ0) is 14.8. The molecule has 1 amide bonds. The number of alkyl carbamates (subject to hydrolysis) is 1. The summed E-state index contributed by atoms with van der Waals surface area (Å²) in [5, 5.41) is 12.0. The lowest BCUT2D eigenvalue weighted by Gasteiger charge is -2.25. The molecule has 4 atom stereocenters. The van der Waals surface area contributed by atoms with E-state index in [1.807, 2.05) is 42.5 Å². The number of carbonyl (C=O) groups is 2. The van der Waals surface area contributed by atoms with Crippen molar-refractivity contribution in [1.29, 1.82) is 0 Å². The number of nitrogens with one attached hydrogen (secondary N) is 1. The highest BCUT2D eigenvalue weighted by Gasteiger charge is 2.49. The van der Waals surface area contributed by atoms with E-state index < -0.39 is 18.0 Å². The van der Waals surface area contributed by atoms with Gasteiger partial charge in [0.15, 0.2) is 0 Å². The molecule has 1 aromatic carbocycles. The smallest absolute Gasteiger partial charge is 0.407 e. The van der Waals surface area contributed by atoms with E-state index in [1.165, 1.54) is 0 Å². The van der Waals surface area contributed by atoms with Crippen LogP contribution in [0.15, 0.2) is 42.5 Å². The predicted octanol–water partition coefficient (Wildman–Crippen LogP) is 2.19. The molecule has 1 aromatic rings. The number of aliphatic carboxylic acids is 1. The highest BCUT2D eigenvalue weighted by Crippen LogP contribution is 2.43. The first kappa shape index (κ1) is 13.7. The predicted molar refractivity (Wildman–Crippen MR) is 75.4 cm³/mol. The fraction of sp³-hybridized carbons (Fsp3) is 0.375. The maximum Gasteiger partial charge on any atom is 0.407 e. The molecule has 0 aliphatic heterocycles. The Morgan fingerprint density at radius 3 is 2.62 bits per heavy atom. The van der Waals surface area contributed by atoms with Crippen molar-refractivity contribution in [1.82, 2.24) is 5.32 Å². The number of carbonyl (C=O) groups excluding carboxylic acids is 1. The quantitative estimate of drug-likeness (QED) is 0.832. The SMILES string of the molecule is O=C(N[C@H]1C2C=CC(C2)[C@@H]1C(=O)O)OCc1ccccc1. The summed E-state index contributed by atoms with van der Waals surface area (Å²) < 4.78 is 5.16. The monoisotopic (exact) mass is 287 g/mol. The van der Waals surface area contributed by atoms with Gasteiger partial charge in [0.05, 0.1) is 12.0 Å². The van der Waals surface area contributed by atoms with Gasteiger partial charge in [-0.25, -0.2) is 4.79 Å². The van der Waals surface area contributed by atoms with Crippen LogP contribution >= 0.6 is 0 Å². The summed E-state index contributed by atoms with van der Waals surface area (Å²) in [7, 11) is 0. The van der Waals surface area contributed by atoms with Crippen molar-refractivity contribution in [2.45, 2.75) is 19.1 Å². The number of benzene rings is 1. The van der Waals surface area contributed by atoms with Crippen molar-refractivity contribution < 1.29 is 19.4 Å². The second-order valence-electron chi connectivity index (χ2n) is 5.54. The Balaban J connectivity index is 1.57. The lowest BCUT2D eigenvalue weighted by Crippen LogP contribution is -2.45. The molecule has 1 saturated carbocycles. The minimum absolute atomic E-state index is 0.0203. The van der Waals surface area contributed by atoms with Gasteiger partial charge >= 0.3 is 12.1 Å². The normalized spacial score (nSPS) is 29.3. The number of rotatable bonds is 4. The third-order valence-corrected chi connectivity index (χ3v) is 4.24. The van der Waals surface area contributed by atoms with Gasteiger partial charge in [-0.15, -0.1) is 0 Å². The van der Waals surface area contributed by atoms with Crippen molar-refractivity contribution >= 4 is 12.1 Å². The number of carboxylic acids is 1. The molecule has 3 rings (SSSR count). The van der Waals surface area contributed by atoms with Crippen molar-refractivity contribution in [2.75, 3.05) is 0 Å². The Kier molecular flexibility index (Phi) is 3.64. The third kappa shape index (κ3) is 2.77. The Bertz CT molecular complexity index is 569. The van der Waals surface area contributed by atoms with Gasteiger partial charge in [-0.2, -0.15) is 0 Å². The lowest BCUT2D eigenvalue weighted by atomic mass is 9.89. The number of allylic oxidation sites excluding steroid dienone is 1. The molecule has 2 aliphatic rings. The molecule has 0 heterocycles. The molecule has 21 heavy (non-hydrogen) atoms. The van der Waals surface area contributed by atoms with Gasteiger partial charge in [0.1, 0.15) is 6.61 Å². The summed E-state index contributed by atoms with van der Waals surface area (Å²) in [6.07, 6.45) is 4.17. The van der Waals surface area contributed by atoms with Gasteiger partial charge in [-0.3, -0.25) is 4.79 Å². The van der Waals surface area contributed by atoms with Crippen LogP contribution in [0.2, 0.25) is 0 Å². The molecule has 0 aromatic heterocycles. The molecule has 2 bridgehead atoms. The average molecular weight is 287 g/mol. The van der Waals surface area contributed by atoms with E-state index in [9.17, 15) is 14.7 Å². The third-order valence-electron chi connectivity index (χ3n) is 4.24. The highest BCUT2D eigenvalue weighted by atomic mass is 16.5. The maximum atomic E-state index is 11.9. The van der Waals surface area contributed by atoms with E-state index in [2.05, 4.69) is 5.32 Å². The molecule has 5 heteroatoms. The van der Waals surface area contributed by atoms with Gasteiger partial charge in [0, 0.05) is 0 Å². The summed E-state index contributed by atoms with van der Waals surface area (Å²) in [4.78, 5) is 23.2. The Morgan fingerprint density at radius 1 is 1.19 bits per heavy atom. The van der Waals surface area contributed by atoms with Crippen LogP contribution in [0.1, 0.15) is 12.0 Å². The Morgan fingerprint density at radius 2 is 1.90 bits per heavy atom. The standard InChI is InChI=1S/C16H17NO4/c18-15(19)13-11-6-7-12(8-11)14(13)17-16(20)21-9-10-4-2-1-3-5-10/h1-7,11-14H,8-9H2,(H,17,20)(H,18,19)/t11?,12?,13-,14-/m0/s1. The summed E-state index contributed by atoms with van der Waals surface area (Å²) in [6.45, 7) is 0.182. The minimum atomic E-state index is -0.861.